The first-order valence-corrected chi connectivity index (χ1v) is 18.2. The minimum Gasteiger partial charge on any atom is -0.483 e. The number of hydrogen-bond acceptors (Lipinski definition) is 9. The first kappa shape index (κ1) is 41.1. The Balaban J connectivity index is 0.00000209. The van der Waals surface area contributed by atoms with Crippen molar-refractivity contribution in [2.45, 2.75) is 78.2 Å². The average Bonchev–Trinajstić information content (AvgIpc) is 3.56. The number of nitrogens with zero attached hydrogens (tertiary/aromatic N) is 5. The number of carbonyl (C=O) groups excluding carboxylic acids is 5. The van der Waals surface area contributed by atoms with E-state index in [-0.39, 0.29) is 56.9 Å². The Morgan fingerprint density at radius 1 is 0.870 bits per heavy atom. The summed E-state index contributed by atoms with van der Waals surface area (Å²) in [7, 11) is 0. The molecule has 5 N–H and O–H groups in total. The lowest BCUT2D eigenvalue weighted by atomic mass is 10.00. The maximum Gasteiger partial charge on any atom is 0.290 e. The van der Waals surface area contributed by atoms with Gasteiger partial charge in [0.1, 0.15) is 24.5 Å². The van der Waals surface area contributed by atoms with Crippen molar-refractivity contribution >= 4 is 36.0 Å². The summed E-state index contributed by atoms with van der Waals surface area (Å²) in [6.45, 7) is 8.47. The molecule has 0 saturated heterocycles. The largest absolute Gasteiger partial charge is 0.483 e. The summed E-state index contributed by atoms with van der Waals surface area (Å²) in [4.78, 5) is 83.6. The van der Waals surface area contributed by atoms with Crippen molar-refractivity contribution in [1.29, 1.82) is 0 Å². The molecule has 0 spiro atoms. The smallest absolute Gasteiger partial charge is 0.290 e. The zero-order valence-corrected chi connectivity index (χ0v) is 31.3. The third-order valence-corrected chi connectivity index (χ3v) is 9.07. The summed E-state index contributed by atoms with van der Waals surface area (Å²) in [6, 6.07) is 15.0. The van der Waals surface area contributed by atoms with Crippen molar-refractivity contribution in [3.8, 4) is 11.4 Å². The van der Waals surface area contributed by atoms with Crippen LogP contribution in [0.1, 0.15) is 63.5 Å². The van der Waals surface area contributed by atoms with Gasteiger partial charge in [-0.05, 0) is 50.2 Å². The molecule has 2 aliphatic heterocycles. The maximum atomic E-state index is 13.6. The Hall–Kier alpha value is -5.64. The second-order valence-electron chi connectivity index (χ2n) is 13.9. The molecule has 0 unspecified atom stereocenters. The molecule has 0 fully saturated rings. The summed E-state index contributed by atoms with van der Waals surface area (Å²) in [5.74, 6) is -1.15. The highest BCUT2D eigenvalue weighted by Gasteiger charge is 2.29. The van der Waals surface area contributed by atoms with E-state index in [1.54, 1.807) is 13.8 Å². The van der Waals surface area contributed by atoms with Crippen molar-refractivity contribution in [1.82, 2.24) is 45.8 Å². The number of amides is 5. The summed E-state index contributed by atoms with van der Waals surface area (Å²) in [6.07, 6.45) is 1.57. The van der Waals surface area contributed by atoms with Gasteiger partial charge in [0, 0.05) is 31.7 Å². The van der Waals surface area contributed by atoms with Crippen LogP contribution in [0.25, 0.3) is 11.4 Å². The van der Waals surface area contributed by atoms with Crippen LogP contribution < -0.4 is 21.3 Å². The molecule has 5 amide bonds. The minimum atomic E-state index is -0.967. The Morgan fingerprint density at radius 3 is 2.26 bits per heavy atom. The molecule has 0 saturated carbocycles. The number of rotatable bonds is 5. The molecule has 3 aromatic rings. The van der Waals surface area contributed by atoms with E-state index < -0.39 is 35.8 Å². The van der Waals surface area contributed by atoms with E-state index >= 15 is 0 Å². The fourth-order valence-electron chi connectivity index (χ4n) is 6.37. The molecule has 0 bridgehead atoms. The predicted octanol–water partition coefficient (Wildman–Crippen LogP) is 1.27. The van der Waals surface area contributed by atoms with Gasteiger partial charge in [0.25, 0.3) is 6.47 Å². The Kier molecular flexibility index (Phi) is 15.2. The second-order valence-corrected chi connectivity index (χ2v) is 13.9. The predicted molar refractivity (Wildman–Crippen MR) is 199 cm³/mol. The average molecular weight is 746 g/mol. The van der Waals surface area contributed by atoms with Gasteiger partial charge in [-0.2, -0.15) is 5.10 Å². The van der Waals surface area contributed by atoms with Gasteiger partial charge in [-0.1, -0.05) is 68.4 Å². The molecule has 290 valence electrons. The molecule has 0 aliphatic carbocycles. The summed E-state index contributed by atoms with van der Waals surface area (Å²) in [5.41, 5.74) is 3.20. The summed E-state index contributed by atoms with van der Waals surface area (Å²) in [5, 5.41) is 22.8. The summed E-state index contributed by atoms with van der Waals surface area (Å²) < 4.78 is 1.48. The monoisotopic (exact) mass is 745 g/mol. The number of carboxylic acid groups (broad SMARTS) is 1. The van der Waals surface area contributed by atoms with E-state index in [4.69, 9.17) is 14.9 Å². The van der Waals surface area contributed by atoms with E-state index in [1.807, 2.05) is 56.3 Å². The fraction of sp³-hybridized carbons (Fsp3) is 0.474. The highest BCUT2D eigenvalue weighted by molar-refractivity contribution is 5.93. The van der Waals surface area contributed by atoms with Crippen molar-refractivity contribution in [2.24, 2.45) is 5.92 Å². The molecule has 54 heavy (non-hydrogen) atoms. The molecular formula is C38H51N9O7. The zero-order chi connectivity index (χ0) is 39.2. The molecule has 1 aromatic heterocycles. The standard InChI is InChI=1S/C37H49N9O5.CH2O2/c1-24(2)19-30-37(51)40-25(3)35-42-34(28-12-6-5-7-13-28)43-46(35)22-31(47)38-16-10-17-45(21-32(48)39-26(4)36(50)41-30)33(49)23-44-18-15-27-11-8-9-14-29(27)20-44;2-1-3/h5-9,11-14,24-26,30H,10,15-23H2,1-4H3,(H,38,47)(H,39,48)(H,40,51)(H,41,50);1H,(H,2,3)/t25-,26+,30+;/m0./s1. The van der Waals surface area contributed by atoms with Crippen LogP contribution in [-0.2, 0) is 48.3 Å². The van der Waals surface area contributed by atoms with Gasteiger partial charge < -0.3 is 31.3 Å². The minimum absolute atomic E-state index is 0.0628. The number of hydrogen-bond donors (Lipinski definition) is 5. The van der Waals surface area contributed by atoms with Gasteiger partial charge >= 0.3 is 0 Å². The van der Waals surface area contributed by atoms with Crippen LogP contribution in [0.5, 0.6) is 0 Å². The lowest BCUT2D eigenvalue weighted by Crippen LogP contribution is -2.55. The van der Waals surface area contributed by atoms with Crippen LogP contribution in [0.2, 0.25) is 0 Å². The van der Waals surface area contributed by atoms with Gasteiger partial charge in [0.2, 0.25) is 29.5 Å². The van der Waals surface area contributed by atoms with Crippen LogP contribution in [-0.4, -0.2) is 110 Å². The number of aromatic nitrogens is 3. The molecule has 3 atom stereocenters. The van der Waals surface area contributed by atoms with Gasteiger partial charge in [0.15, 0.2) is 5.82 Å². The van der Waals surface area contributed by atoms with Gasteiger partial charge in [-0.15, -0.1) is 0 Å². The Labute approximate surface area is 315 Å². The number of fused-ring (bicyclic) bond motifs is 2. The zero-order valence-electron chi connectivity index (χ0n) is 31.3. The van der Waals surface area contributed by atoms with Crippen LogP contribution in [0.4, 0.5) is 0 Å². The maximum absolute atomic E-state index is 13.6. The van der Waals surface area contributed by atoms with Crippen molar-refractivity contribution in [3.63, 3.8) is 0 Å². The molecule has 5 rings (SSSR count). The Bertz CT molecular complexity index is 1760. The topological polar surface area (TPSA) is 208 Å². The number of benzene rings is 2. The van der Waals surface area contributed by atoms with Gasteiger partial charge in [0.05, 0.1) is 19.1 Å². The molecule has 16 nitrogen and oxygen atoms in total. The summed E-state index contributed by atoms with van der Waals surface area (Å²) >= 11 is 0. The van der Waals surface area contributed by atoms with Crippen molar-refractivity contribution < 1.29 is 33.9 Å². The molecule has 3 heterocycles. The van der Waals surface area contributed by atoms with E-state index in [9.17, 15) is 24.0 Å². The lowest BCUT2D eigenvalue weighted by Gasteiger charge is -2.31. The highest BCUT2D eigenvalue weighted by Crippen LogP contribution is 2.20. The van der Waals surface area contributed by atoms with Crippen LogP contribution in [0.15, 0.2) is 54.6 Å². The molecular weight excluding hydrogens is 694 g/mol. The third kappa shape index (κ3) is 11.9. The van der Waals surface area contributed by atoms with Gasteiger partial charge in [-0.25, -0.2) is 9.67 Å². The molecule has 16 heteroatoms. The van der Waals surface area contributed by atoms with E-state index in [0.29, 0.717) is 31.0 Å². The number of carbonyl (C=O) groups is 6. The fourth-order valence-corrected chi connectivity index (χ4v) is 6.37. The van der Waals surface area contributed by atoms with Crippen LogP contribution in [0, 0.1) is 5.92 Å². The third-order valence-electron chi connectivity index (χ3n) is 9.07. The highest BCUT2D eigenvalue weighted by atomic mass is 16.3. The van der Waals surface area contributed by atoms with Crippen molar-refractivity contribution in [3.05, 3.63) is 71.5 Å². The Morgan fingerprint density at radius 2 is 1.56 bits per heavy atom. The van der Waals surface area contributed by atoms with Crippen LogP contribution in [0.3, 0.4) is 0 Å². The number of nitrogens with one attached hydrogen (secondary N) is 4. The van der Waals surface area contributed by atoms with E-state index in [1.165, 1.54) is 20.7 Å². The van der Waals surface area contributed by atoms with Gasteiger partial charge in [-0.3, -0.25) is 33.7 Å². The normalized spacial score (nSPS) is 20.6. The lowest BCUT2D eigenvalue weighted by molar-refractivity contribution is -0.138. The molecule has 0 radical (unpaired) electrons. The first-order chi connectivity index (χ1) is 25.9. The first-order valence-electron chi connectivity index (χ1n) is 18.2. The van der Waals surface area contributed by atoms with E-state index in [2.05, 4.69) is 43.4 Å². The SMILES string of the molecule is CC(C)C[C@H]1NC(=O)[C@@H](C)NC(=O)CN(C(=O)CN2CCc3ccccc3C2)CCCNC(=O)Cn2nc(-c3ccccc3)nc2[C@H](C)NC1=O.O=CO. The van der Waals surface area contributed by atoms with Crippen molar-refractivity contribution in [2.75, 3.05) is 32.7 Å². The van der Waals surface area contributed by atoms with Crippen LogP contribution >= 0.6 is 0 Å². The molecule has 2 aliphatic rings. The second kappa shape index (κ2) is 20.0. The quantitative estimate of drug-likeness (QED) is 0.236. The van der Waals surface area contributed by atoms with E-state index in [0.717, 1.165) is 18.5 Å². The molecule has 2 aromatic carbocycles.